The molecule has 2 aliphatic rings. The Hall–Kier alpha value is -2.16. The van der Waals surface area contributed by atoms with Crippen molar-refractivity contribution in [3.05, 3.63) is 0 Å². The van der Waals surface area contributed by atoms with Crippen LogP contribution in [-0.2, 0) is 14.3 Å². The Morgan fingerprint density at radius 2 is 1.48 bits per heavy atom. The van der Waals surface area contributed by atoms with Crippen molar-refractivity contribution in [1.82, 2.24) is 20.0 Å². The molecule has 2 heterocycles. The molecule has 2 fully saturated rings. The summed E-state index contributed by atoms with van der Waals surface area (Å²) in [7, 11) is 0. The van der Waals surface area contributed by atoms with Gasteiger partial charge in [-0.2, -0.15) is 0 Å². The van der Waals surface area contributed by atoms with Crippen LogP contribution < -0.4 is 5.32 Å². The molecule has 0 spiro atoms. The summed E-state index contributed by atoms with van der Waals surface area (Å²) in [5, 5.41) is 2.37. The summed E-state index contributed by atoms with van der Waals surface area (Å²) in [6.07, 6.45) is 11.2. The molecule has 1 unspecified atom stereocenters. The summed E-state index contributed by atoms with van der Waals surface area (Å²) in [4.78, 5) is 53.0. The van der Waals surface area contributed by atoms with E-state index in [1.807, 2.05) is 6.92 Å². The Morgan fingerprint density at radius 1 is 0.800 bits per heavy atom. The van der Waals surface area contributed by atoms with Crippen LogP contribution in [0.4, 0.5) is 9.59 Å². The third-order valence-electron chi connectivity index (χ3n) is 10.2. The number of hydrogen-bond donors (Lipinski definition) is 1. The largest absolute Gasteiger partial charge is 0.381 e. The highest BCUT2D eigenvalue weighted by molar-refractivity contribution is 6.02. The highest BCUT2D eigenvalue weighted by Crippen LogP contribution is 2.40. The van der Waals surface area contributed by atoms with Crippen molar-refractivity contribution in [1.29, 1.82) is 0 Å². The van der Waals surface area contributed by atoms with Gasteiger partial charge in [-0.05, 0) is 62.2 Å². The van der Waals surface area contributed by atoms with E-state index in [1.165, 1.54) is 4.90 Å². The third kappa shape index (κ3) is 9.18. The summed E-state index contributed by atoms with van der Waals surface area (Å²) >= 11 is 0. The maximum Gasteiger partial charge on any atom is 0.327 e. The molecule has 9 heteroatoms. The Bertz CT molecular complexity index is 840. The average molecular weight is 565 g/mol. The van der Waals surface area contributed by atoms with Crippen LogP contribution in [0.15, 0.2) is 0 Å². The number of carbonyl (C=O) groups excluding carboxylic acids is 4. The Balaban J connectivity index is 1.71. The number of ether oxygens (including phenoxy) is 1. The summed E-state index contributed by atoms with van der Waals surface area (Å²) in [5.74, 6) is 0.195. The van der Waals surface area contributed by atoms with Gasteiger partial charge in [0, 0.05) is 32.8 Å². The van der Waals surface area contributed by atoms with Crippen molar-refractivity contribution in [3.63, 3.8) is 0 Å². The second kappa shape index (κ2) is 16.3. The molecule has 6 amide bonds. The monoisotopic (exact) mass is 564 g/mol. The molecule has 9 nitrogen and oxygen atoms in total. The van der Waals surface area contributed by atoms with Gasteiger partial charge in [0.25, 0.3) is 0 Å². The molecule has 2 aliphatic heterocycles. The lowest BCUT2D eigenvalue weighted by Gasteiger charge is -2.37. The lowest BCUT2D eigenvalue weighted by atomic mass is 9.69. The first-order chi connectivity index (χ1) is 19.1. The fraction of sp³-hybridized carbons (Fsp3) is 0.871. The standard InChI is InChI=1S/C31H56N4O5/c1-7-30(6,8-2)25(16-19-34-23-26(36)32-28(34)38)15-14-22-40-21-13-12-17-31(9-3,10-4)18-20-35-27(37)24-33(11-5)29(35)39/h25H,7-24H2,1-6H3,(H,32,36,38). The van der Waals surface area contributed by atoms with E-state index < -0.39 is 0 Å². The lowest BCUT2D eigenvalue weighted by molar-refractivity contribution is -0.125. The van der Waals surface area contributed by atoms with E-state index >= 15 is 0 Å². The van der Waals surface area contributed by atoms with Gasteiger partial charge in [-0.25, -0.2) is 9.59 Å². The molecule has 2 rings (SSSR count). The first kappa shape index (κ1) is 34.0. The topological polar surface area (TPSA) is 99.3 Å². The maximum absolute atomic E-state index is 12.5. The second-order valence-corrected chi connectivity index (χ2v) is 12.1. The maximum atomic E-state index is 12.5. The van der Waals surface area contributed by atoms with Gasteiger partial charge >= 0.3 is 12.1 Å². The molecule has 2 saturated heterocycles. The van der Waals surface area contributed by atoms with Crippen molar-refractivity contribution in [3.8, 4) is 0 Å². The molecule has 0 aromatic carbocycles. The van der Waals surface area contributed by atoms with Crippen molar-refractivity contribution in [2.45, 2.75) is 112 Å². The van der Waals surface area contributed by atoms with Gasteiger partial charge in [-0.15, -0.1) is 0 Å². The molecule has 0 bridgehead atoms. The molecule has 1 N–H and O–H groups in total. The first-order valence-electron chi connectivity index (χ1n) is 15.8. The second-order valence-electron chi connectivity index (χ2n) is 12.1. The van der Waals surface area contributed by atoms with E-state index in [9.17, 15) is 19.2 Å². The van der Waals surface area contributed by atoms with Gasteiger partial charge < -0.3 is 14.5 Å². The van der Waals surface area contributed by atoms with Gasteiger partial charge in [0.05, 0.1) is 0 Å². The van der Waals surface area contributed by atoms with Crippen LogP contribution in [0, 0.1) is 16.7 Å². The molecule has 0 radical (unpaired) electrons. The number of rotatable bonds is 21. The van der Waals surface area contributed by atoms with Crippen molar-refractivity contribution in [2.75, 3.05) is 45.9 Å². The number of unbranched alkanes of at least 4 members (excludes halogenated alkanes) is 1. The Morgan fingerprint density at radius 3 is 2.02 bits per heavy atom. The fourth-order valence-electron chi connectivity index (χ4n) is 6.37. The Kier molecular flexibility index (Phi) is 13.9. The number of nitrogens with one attached hydrogen (secondary N) is 1. The molecule has 40 heavy (non-hydrogen) atoms. The molecule has 0 aliphatic carbocycles. The number of imide groups is 2. The van der Waals surface area contributed by atoms with E-state index in [0.717, 1.165) is 83.8 Å². The van der Waals surface area contributed by atoms with Gasteiger partial charge in [0.1, 0.15) is 13.1 Å². The third-order valence-corrected chi connectivity index (χ3v) is 10.2. The zero-order valence-corrected chi connectivity index (χ0v) is 26.2. The number of carbonyl (C=O) groups is 4. The van der Waals surface area contributed by atoms with Crippen LogP contribution in [0.25, 0.3) is 0 Å². The predicted molar refractivity (Wildman–Crippen MR) is 158 cm³/mol. The van der Waals surface area contributed by atoms with Gasteiger partial charge in [-0.3, -0.25) is 19.8 Å². The quantitative estimate of drug-likeness (QED) is 0.140. The molecule has 1 atom stereocenters. The number of nitrogens with zero attached hydrogens (tertiary/aromatic N) is 3. The van der Waals surface area contributed by atoms with Crippen LogP contribution in [0.1, 0.15) is 112 Å². The van der Waals surface area contributed by atoms with Gasteiger partial charge in [-0.1, -0.05) is 66.7 Å². The number of hydrogen-bond acceptors (Lipinski definition) is 5. The van der Waals surface area contributed by atoms with E-state index in [4.69, 9.17) is 4.74 Å². The molecule has 0 saturated carbocycles. The van der Waals surface area contributed by atoms with Gasteiger partial charge in [0.2, 0.25) is 11.8 Å². The minimum atomic E-state index is -0.266. The van der Waals surface area contributed by atoms with Crippen LogP contribution in [0.5, 0.6) is 0 Å². The smallest absolute Gasteiger partial charge is 0.327 e. The minimum absolute atomic E-state index is 0.0709. The van der Waals surface area contributed by atoms with Crippen molar-refractivity contribution < 1.29 is 23.9 Å². The SMILES string of the molecule is CCN1CC(=O)N(CCC(CC)(CC)CCCCOCCCC(CCN2CC(=O)NC2=O)C(C)(CC)CC)C1=O. The first-order valence-corrected chi connectivity index (χ1v) is 15.8. The fourth-order valence-corrected chi connectivity index (χ4v) is 6.37. The molecular weight excluding hydrogens is 508 g/mol. The molecular formula is C31H56N4O5. The summed E-state index contributed by atoms with van der Waals surface area (Å²) in [6.45, 7) is 16.8. The average Bonchev–Trinajstić information content (AvgIpc) is 3.43. The van der Waals surface area contributed by atoms with Crippen LogP contribution in [0.3, 0.4) is 0 Å². The minimum Gasteiger partial charge on any atom is -0.381 e. The molecule has 0 aromatic rings. The molecule has 230 valence electrons. The van der Waals surface area contributed by atoms with Crippen LogP contribution >= 0.6 is 0 Å². The van der Waals surface area contributed by atoms with Crippen molar-refractivity contribution in [2.24, 2.45) is 16.7 Å². The normalized spacial score (nSPS) is 17.4. The number of likely N-dealkylation sites (N-methyl/N-ethyl adjacent to an activating group) is 1. The highest BCUT2D eigenvalue weighted by Gasteiger charge is 2.37. The van der Waals surface area contributed by atoms with Crippen LogP contribution in [0.2, 0.25) is 0 Å². The summed E-state index contributed by atoms with van der Waals surface area (Å²) < 4.78 is 6.03. The van der Waals surface area contributed by atoms with E-state index in [2.05, 4.69) is 39.9 Å². The van der Waals surface area contributed by atoms with E-state index in [0.29, 0.717) is 25.6 Å². The highest BCUT2D eigenvalue weighted by atomic mass is 16.5. The summed E-state index contributed by atoms with van der Waals surface area (Å²) in [5.41, 5.74) is 0.359. The predicted octanol–water partition coefficient (Wildman–Crippen LogP) is 5.82. The van der Waals surface area contributed by atoms with Gasteiger partial charge in [0.15, 0.2) is 0 Å². The lowest BCUT2D eigenvalue weighted by Crippen LogP contribution is -2.36. The Labute approximate surface area is 242 Å². The number of amides is 6. The number of urea groups is 2. The zero-order chi connectivity index (χ0) is 29.8. The zero-order valence-electron chi connectivity index (χ0n) is 26.2. The van der Waals surface area contributed by atoms with Crippen LogP contribution in [-0.4, -0.2) is 84.5 Å². The van der Waals surface area contributed by atoms with E-state index in [1.54, 1.807) is 9.80 Å². The van der Waals surface area contributed by atoms with Crippen molar-refractivity contribution >= 4 is 23.9 Å². The molecule has 0 aromatic heterocycles. The summed E-state index contributed by atoms with van der Waals surface area (Å²) in [6, 6.07) is -0.405. The van der Waals surface area contributed by atoms with E-state index in [-0.39, 0.29) is 47.8 Å².